The third-order valence-corrected chi connectivity index (χ3v) is 7.48. The third-order valence-electron chi connectivity index (χ3n) is 6.40. The van der Waals surface area contributed by atoms with Crippen LogP contribution < -0.4 is 27.7 Å². The predicted octanol–water partition coefficient (Wildman–Crippen LogP) is 4.20. The Hall–Kier alpha value is -3.39. The van der Waals surface area contributed by atoms with Gasteiger partial charge in [-0.3, -0.25) is 0 Å². The van der Waals surface area contributed by atoms with Crippen LogP contribution in [0.2, 0.25) is 0 Å². The van der Waals surface area contributed by atoms with E-state index in [0.29, 0.717) is 16.4 Å². The first kappa shape index (κ1) is 20.5. The molecule has 0 radical (unpaired) electrons. The second-order valence-electron chi connectivity index (χ2n) is 8.23. The summed E-state index contributed by atoms with van der Waals surface area (Å²) in [6, 6.07) is 18.3. The summed E-state index contributed by atoms with van der Waals surface area (Å²) < 4.78 is 6.83. The molecule has 1 aliphatic carbocycles. The van der Waals surface area contributed by atoms with Crippen LogP contribution in [0.25, 0.3) is 10.1 Å². The first-order valence-corrected chi connectivity index (χ1v) is 11.1. The summed E-state index contributed by atoms with van der Waals surface area (Å²) in [5.41, 5.74) is 29.0. The Bertz CT molecular complexity index is 1350. The highest BCUT2D eigenvalue weighted by Crippen LogP contribution is 2.54. The molecule has 0 fully saturated rings. The number of thiophene rings is 1. The molecule has 0 aliphatic heterocycles. The molecule has 6 nitrogen and oxygen atoms in total. The van der Waals surface area contributed by atoms with E-state index >= 15 is 0 Å². The summed E-state index contributed by atoms with van der Waals surface area (Å²) in [5.74, 6) is 0.733. The van der Waals surface area contributed by atoms with E-state index in [9.17, 15) is 4.79 Å². The summed E-state index contributed by atoms with van der Waals surface area (Å²) in [5, 5.41) is 1.44. The van der Waals surface area contributed by atoms with Gasteiger partial charge in [-0.15, -0.1) is 11.3 Å². The van der Waals surface area contributed by atoms with Gasteiger partial charge in [0.2, 0.25) is 0 Å². The number of rotatable bonds is 4. The number of para-hydroxylation sites is 1. The number of aryl methyl sites for hydroxylation is 1. The van der Waals surface area contributed by atoms with Crippen LogP contribution in [0.15, 0.2) is 60.7 Å². The molecule has 0 bridgehead atoms. The zero-order valence-electron chi connectivity index (χ0n) is 17.5. The van der Waals surface area contributed by atoms with Crippen molar-refractivity contribution in [3.63, 3.8) is 0 Å². The smallest absolute Gasteiger partial charge is 0.127 e. The molecule has 4 aromatic rings. The van der Waals surface area contributed by atoms with Crippen molar-refractivity contribution in [1.29, 1.82) is 0 Å². The van der Waals surface area contributed by atoms with Gasteiger partial charge in [-0.1, -0.05) is 30.3 Å². The zero-order chi connectivity index (χ0) is 22.6. The highest BCUT2D eigenvalue weighted by Gasteiger charge is 2.49. The van der Waals surface area contributed by atoms with Gasteiger partial charge in [0.05, 0.1) is 21.2 Å². The average molecular weight is 445 g/mol. The summed E-state index contributed by atoms with van der Waals surface area (Å²) in [6.45, 7) is 1.96. The second-order valence-corrected chi connectivity index (χ2v) is 9.29. The molecule has 8 N–H and O–H groups in total. The number of carbonyl (C=O) groups excluding carboxylic acids is 1. The normalized spacial score (nSPS) is 22.1. The maximum absolute atomic E-state index is 12.4. The molecule has 1 aliphatic rings. The number of benzene rings is 3. The second kappa shape index (κ2) is 7.34. The topological polar surface area (TPSA) is 130 Å². The summed E-state index contributed by atoms with van der Waals surface area (Å²) in [4.78, 5) is 12.4. The maximum atomic E-state index is 12.4. The molecule has 3 aromatic carbocycles. The lowest BCUT2D eigenvalue weighted by atomic mass is 9.64. The molecule has 3 atom stereocenters. The van der Waals surface area contributed by atoms with Gasteiger partial charge in [-0.05, 0) is 53.9 Å². The Morgan fingerprint density at radius 2 is 1.72 bits per heavy atom. The number of hydrogen-bond acceptors (Lipinski definition) is 7. The summed E-state index contributed by atoms with van der Waals surface area (Å²) >= 11 is 1.39. The van der Waals surface area contributed by atoms with E-state index in [1.165, 1.54) is 11.3 Å². The van der Waals surface area contributed by atoms with Crippen molar-refractivity contribution in [2.45, 2.75) is 18.5 Å². The Labute approximate surface area is 189 Å². The van der Waals surface area contributed by atoms with Crippen molar-refractivity contribution in [3.05, 3.63) is 82.9 Å². The molecule has 0 amide bonds. The van der Waals surface area contributed by atoms with E-state index in [2.05, 4.69) is 0 Å². The lowest BCUT2D eigenvalue weighted by molar-refractivity contribution is -0.113. The summed E-state index contributed by atoms with van der Waals surface area (Å²) in [6.07, 6.45) is 0.848. The van der Waals surface area contributed by atoms with Crippen LogP contribution in [0, 0.1) is 12.8 Å². The maximum Gasteiger partial charge on any atom is 0.127 e. The van der Waals surface area contributed by atoms with E-state index in [-0.39, 0.29) is 0 Å². The van der Waals surface area contributed by atoms with Crippen molar-refractivity contribution in [2.24, 2.45) is 17.4 Å². The Kier molecular flexibility index (Phi) is 4.70. The molecular weight excluding hydrogens is 420 g/mol. The lowest BCUT2D eigenvalue weighted by Gasteiger charge is -2.43. The molecule has 1 heterocycles. The van der Waals surface area contributed by atoms with Gasteiger partial charge in [-0.2, -0.15) is 0 Å². The number of aldehydes is 1. The van der Waals surface area contributed by atoms with E-state index in [1.54, 1.807) is 0 Å². The third kappa shape index (κ3) is 2.82. The van der Waals surface area contributed by atoms with E-state index in [0.717, 1.165) is 44.4 Å². The highest BCUT2D eigenvalue weighted by molar-refractivity contribution is 7.23. The van der Waals surface area contributed by atoms with Crippen LogP contribution in [0.4, 0.5) is 10.7 Å². The lowest BCUT2D eigenvalue weighted by Crippen LogP contribution is -2.52. The van der Waals surface area contributed by atoms with Gasteiger partial charge in [0.15, 0.2) is 0 Å². The Balaban J connectivity index is 1.70. The summed E-state index contributed by atoms with van der Waals surface area (Å²) in [7, 11) is 0. The minimum Gasteiger partial charge on any atom is -0.457 e. The first-order chi connectivity index (χ1) is 15.4. The number of ether oxygens (including phenoxy) is 1. The standard InChI is InChI=1S/C25H24N4O2S/c1-13-11-15(31-14-5-3-2-4-6-14)7-8-16(13)25(29)17-9-10-19(26)23-20(17)21(24(28)32-23)22(27)18(25)12-30/h2-12,18,22H,26-29H2,1H3. The van der Waals surface area contributed by atoms with Gasteiger partial charge < -0.3 is 32.5 Å². The minimum atomic E-state index is -1.14. The van der Waals surface area contributed by atoms with E-state index in [4.69, 9.17) is 27.7 Å². The quantitative estimate of drug-likeness (QED) is 0.276. The van der Waals surface area contributed by atoms with E-state index in [1.807, 2.05) is 67.6 Å². The predicted molar refractivity (Wildman–Crippen MR) is 130 cm³/mol. The van der Waals surface area contributed by atoms with Crippen molar-refractivity contribution in [3.8, 4) is 11.5 Å². The molecule has 0 saturated heterocycles. The molecule has 3 unspecified atom stereocenters. The van der Waals surface area contributed by atoms with Crippen molar-refractivity contribution in [1.82, 2.24) is 0 Å². The molecular formula is C25H24N4O2S. The minimum absolute atomic E-state index is 0.573. The number of nitrogens with two attached hydrogens (primary N) is 4. The Morgan fingerprint density at radius 1 is 1.00 bits per heavy atom. The molecule has 7 heteroatoms. The van der Waals surface area contributed by atoms with Crippen LogP contribution in [0.5, 0.6) is 11.5 Å². The van der Waals surface area contributed by atoms with Gasteiger partial charge >= 0.3 is 0 Å². The molecule has 0 saturated carbocycles. The number of anilines is 2. The van der Waals surface area contributed by atoms with Gasteiger partial charge in [0.1, 0.15) is 17.8 Å². The van der Waals surface area contributed by atoms with Gasteiger partial charge in [0, 0.05) is 22.7 Å². The van der Waals surface area contributed by atoms with Crippen molar-refractivity contribution < 1.29 is 9.53 Å². The molecule has 1 aromatic heterocycles. The van der Waals surface area contributed by atoms with E-state index < -0.39 is 17.5 Å². The highest BCUT2D eigenvalue weighted by atomic mass is 32.1. The SMILES string of the molecule is Cc1cc(Oc2ccccc2)ccc1C1(N)c2ccc(N)c3sc(N)c(c23)C(N)C1C=O. The number of hydrogen-bond donors (Lipinski definition) is 4. The largest absolute Gasteiger partial charge is 0.457 e. The van der Waals surface area contributed by atoms with Gasteiger partial charge in [-0.25, -0.2) is 0 Å². The fourth-order valence-electron chi connectivity index (χ4n) is 4.89. The van der Waals surface area contributed by atoms with Crippen molar-refractivity contribution >= 4 is 38.4 Å². The average Bonchev–Trinajstić information content (AvgIpc) is 3.12. The molecule has 32 heavy (non-hydrogen) atoms. The van der Waals surface area contributed by atoms with Crippen LogP contribution in [-0.2, 0) is 10.3 Å². The van der Waals surface area contributed by atoms with Crippen molar-refractivity contribution in [2.75, 3.05) is 11.5 Å². The van der Waals surface area contributed by atoms with Gasteiger partial charge in [0.25, 0.3) is 0 Å². The van der Waals surface area contributed by atoms with Crippen LogP contribution in [-0.4, -0.2) is 6.29 Å². The fourth-order valence-corrected chi connectivity index (χ4v) is 5.96. The van der Waals surface area contributed by atoms with Crippen LogP contribution >= 0.6 is 11.3 Å². The molecule has 5 rings (SSSR count). The monoisotopic (exact) mass is 444 g/mol. The number of nitrogen functional groups attached to an aromatic ring is 2. The van der Waals surface area contributed by atoms with Crippen LogP contribution in [0.1, 0.15) is 28.3 Å². The molecule has 0 spiro atoms. The molecule has 162 valence electrons. The van der Waals surface area contributed by atoms with Crippen LogP contribution in [0.3, 0.4) is 0 Å². The fraction of sp³-hybridized carbons (Fsp3) is 0.160. The first-order valence-electron chi connectivity index (χ1n) is 10.3. The zero-order valence-corrected chi connectivity index (χ0v) is 18.4. The Morgan fingerprint density at radius 3 is 2.41 bits per heavy atom. The number of carbonyl (C=O) groups is 1.